The van der Waals surface area contributed by atoms with Gasteiger partial charge in [-0.1, -0.05) is 101 Å². The van der Waals surface area contributed by atoms with Gasteiger partial charge in [0.1, 0.15) is 8.07 Å². The lowest BCUT2D eigenvalue weighted by Gasteiger charge is -2.25. The Morgan fingerprint density at radius 1 is 0.692 bits per heavy atom. The van der Waals surface area contributed by atoms with E-state index in [4.69, 9.17) is 0 Å². The lowest BCUT2D eigenvalue weighted by atomic mass is 10.1. The van der Waals surface area contributed by atoms with Crippen molar-refractivity contribution >= 4 is 24.5 Å². The Labute approximate surface area is 152 Å². The molecule has 0 spiro atoms. The summed E-state index contributed by atoms with van der Waals surface area (Å²) in [5.41, 5.74) is 2.32. The molecule has 0 aromatic heterocycles. The Morgan fingerprint density at radius 2 is 1.15 bits per heavy atom. The topological polar surface area (TPSA) is 0 Å². The summed E-state index contributed by atoms with van der Waals surface area (Å²) in [5.74, 6) is 0. The van der Waals surface area contributed by atoms with Gasteiger partial charge in [0.2, 0.25) is 0 Å². The van der Waals surface area contributed by atoms with Crippen LogP contribution in [0.4, 0.5) is 13.2 Å². The number of hydrogen-bond acceptors (Lipinski definition) is 0. The van der Waals surface area contributed by atoms with Crippen LogP contribution >= 0.6 is 0 Å². The summed E-state index contributed by atoms with van der Waals surface area (Å²) in [4.78, 5) is 0. The molecule has 0 aliphatic carbocycles. The first kappa shape index (κ1) is 18.2. The van der Waals surface area contributed by atoms with Crippen molar-refractivity contribution in [2.75, 3.05) is 0 Å². The minimum Gasteiger partial charge on any atom is -0.166 e. The molecule has 4 heteroatoms. The first-order chi connectivity index (χ1) is 12.4. The normalized spacial score (nSPS) is 12.5. The van der Waals surface area contributed by atoms with Gasteiger partial charge in [0, 0.05) is 0 Å². The molecular weight excluding hydrogens is 349 g/mol. The van der Waals surface area contributed by atoms with Gasteiger partial charge in [-0.05, 0) is 17.7 Å². The van der Waals surface area contributed by atoms with Crippen LogP contribution < -0.4 is 10.4 Å². The Morgan fingerprint density at radius 3 is 1.58 bits per heavy atom. The molecule has 0 radical (unpaired) electrons. The van der Waals surface area contributed by atoms with Gasteiger partial charge in [-0.3, -0.25) is 0 Å². The molecule has 132 valence electrons. The van der Waals surface area contributed by atoms with Crippen molar-refractivity contribution in [1.29, 1.82) is 0 Å². The first-order valence-electron chi connectivity index (χ1n) is 8.37. The molecule has 0 atom stereocenters. The highest BCUT2D eigenvalue weighted by molar-refractivity contribution is 7.05. The molecular formula is C22H19F3Si. The highest BCUT2D eigenvalue weighted by Gasteiger charge is 2.30. The Hall–Kier alpha value is -2.59. The van der Waals surface area contributed by atoms with Gasteiger partial charge < -0.3 is 0 Å². The number of halogens is 3. The van der Waals surface area contributed by atoms with Crippen LogP contribution in [-0.4, -0.2) is 8.07 Å². The van der Waals surface area contributed by atoms with E-state index in [-0.39, 0.29) is 0 Å². The van der Waals surface area contributed by atoms with Crippen LogP contribution in [0.3, 0.4) is 0 Å². The zero-order valence-corrected chi connectivity index (χ0v) is 15.4. The summed E-state index contributed by atoms with van der Waals surface area (Å²) in [5, 5.41) is 2.52. The van der Waals surface area contributed by atoms with Crippen LogP contribution in [0.25, 0.3) is 6.08 Å². The summed E-state index contributed by atoms with van der Waals surface area (Å²) in [7, 11) is -2.14. The minimum absolute atomic E-state index is 0.624. The SMILES string of the molecule is C[Si](/C=C\c1ccc(C(F)(F)F)cc1)(c1ccccc1)c1ccccc1. The maximum atomic E-state index is 12.7. The number of alkyl halides is 3. The van der Waals surface area contributed by atoms with E-state index in [0.717, 1.165) is 17.7 Å². The summed E-state index contributed by atoms with van der Waals surface area (Å²) >= 11 is 0. The maximum Gasteiger partial charge on any atom is 0.416 e. The standard InChI is InChI=1S/C22H19F3Si/c1-26(20-8-4-2-5-9-20,21-10-6-3-7-11-21)17-16-18-12-14-19(15-13-18)22(23,24)25/h2-17H,1H3/b17-16-. The zero-order chi connectivity index (χ0) is 18.6. The molecule has 3 aromatic rings. The van der Waals surface area contributed by atoms with Crippen molar-refractivity contribution in [3.05, 3.63) is 102 Å². The molecule has 0 saturated heterocycles. The second kappa shape index (κ2) is 7.34. The third kappa shape index (κ3) is 3.97. The van der Waals surface area contributed by atoms with E-state index in [1.165, 1.54) is 22.5 Å². The van der Waals surface area contributed by atoms with Gasteiger partial charge in [-0.2, -0.15) is 13.2 Å². The molecule has 0 amide bonds. The quantitative estimate of drug-likeness (QED) is 0.559. The van der Waals surface area contributed by atoms with Crippen LogP contribution in [0.1, 0.15) is 11.1 Å². The fourth-order valence-electron chi connectivity index (χ4n) is 2.97. The van der Waals surface area contributed by atoms with E-state index in [1.54, 1.807) is 0 Å². The van der Waals surface area contributed by atoms with Gasteiger partial charge in [-0.15, -0.1) is 0 Å². The van der Waals surface area contributed by atoms with Gasteiger partial charge >= 0.3 is 6.18 Å². The number of hydrogen-bond donors (Lipinski definition) is 0. The summed E-state index contributed by atoms with van der Waals surface area (Å²) < 4.78 is 38.2. The van der Waals surface area contributed by atoms with Crippen LogP contribution in [0.5, 0.6) is 0 Å². The lowest BCUT2D eigenvalue weighted by molar-refractivity contribution is -0.137. The molecule has 3 aromatic carbocycles. The third-order valence-corrected chi connectivity index (χ3v) is 8.49. The fraction of sp³-hybridized carbons (Fsp3) is 0.0909. The third-order valence-electron chi connectivity index (χ3n) is 4.59. The smallest absolute Gasteiger partial charge is 0.166 e. The maximum absolute atomic E-state index is 12.7. The molecule has 0 bridgehead atoms. The van der Waals surface area contributed by atoms with Crippen molar-refractivity contribution < 1.29 is 13.2 Å². The monoisotopic (exact) mass is 368 g/mol. The largest absolute Gasteiger partial charge is 0.416 e. The predicted molar refractivity (Wildman–Crippen MR) is 104 cm³/mol. The van der Waals surface area contributed by atoms with Crippen molar-refractivity contribution in [3.8, 4) is 0 Å². The molecule has 0 nitrogen and oxygen atoms in total. The number of rotatable bonds is 4. The van der Waals surface area contributed by atoms with Gasteiger partial charge in [0.25, 0.3) is 0 Å². The molecule has 0 N–H and O–H groups in total. The van der Waals surface area contributed by atoms with Gasteiger partial charge in [-0.25, -0.2) is 0 Å². The van der Waals surface area contributed by atoms with Crippen molar-refractivity contribution in [1.82, 2.24) is 0 Å². The molecule has 0 fully saturated rings. The van der Waals surface area contributed by atoms with E-state index >= 15 is 0 Å². The average Bonchev–Trinajstić information content (AvgIpc) is 2.67. The molecule has 0 unspecified atom stereocenters. The zero-order valence-electron chi connectivity index (χ0n) is 14.4. The molecule has 3 rings (SSSR count). The van der Waals surface area contributed by atoms with Crippen LogP contribution in [0.15, 0.2) is 90.6 Å². The molecule has 0 heterocycles. The highest BCUT2D eigenvalue weighted by Crippen LogP contribution is 2.29. The predicted octanol–water partition coefficient (Wildman–Crippen LogP) is 5.15. The second-order valence-corrected chi connectivity index (χ2v) is 10.3. The van der Waals surface area contributed by atoms with Crippen LogP contribution in [-0.2, 0) is 6.18 Å². The Kier molecular flexibility index (Phi) is 5.14. The van der Waals surface area contributed by atoms with E-state index in [0.29, 0.717) is 0 Å². The van der Waals surface area contributed by atoms with Crippen LogP contribution in [0.2, 0.25) is 6.55 Å². The molecule has 0 aliphatic heterocycles. The summed E-state index contributed by atoms with van der Waals surface area (Å²) in [6.07, 6.45) is -2.37. The second-order valence-electron chi connectivity index (χ2n) is 6.39. The van der Waals surface area contributed by atoms with E-state index in [1.807, 2.05) is 42.5 Å². The Bertz CT molecular complexity index is 827. The molecule has 0 aliphatic rings. The summed E-state index contributed by atoms with van der Waals surface area (Å²) in [6.45, 7) is 2.25. The number of benzene rings is 3. The average molecular weight is 368 g/mol. The molecule has 26 heavy (non-hydrogen) atoms. The molecule has 0 saturated carbocycles. The van der Waals surface area contributed by atoms with Crippen molar-refractivity contribution in [2.45, 2.75) is 12.7 Å². The van der Waals surface area contributed by atoms with Gasteiger partial charge in [0.05, 0.1) is 5.56 Å². The Balaban J connectivity index is 1.98. The van der Waals surface area contributed by atoms with Gasteiger partial charge in [0.15, 0.2) is 0 Å². The summed E-state index contributed by atoms with van der Waals surface area (Å²) in [6, 6.07) is 25.8. The minimum atomic E-state index is -4.31. The fourth-order valence-corrected chi connectivity index (χ4v) is 5.99. The highest BCUT2D eigenvalue weighted by atomic mass is 28.3. The lowest BCUT2D eigenvalue weighted by Crippen LogP contribution is -2.54. The van der Waals surface area contributed by atoms with Crippen LogP contribution in [0, 0.1) is 0 Å². The first-order valence-corrected chi connectivity index (χ1v) is 10.9. The van der Waals surface area contributed by atoms with E-state index in [2.05, 4.69) is 36.5 Å². The van der Waals surface area contributed by atoms with E-state index < -0.39 is 19.8 Å². The van der Waals surface area contributed by atoms with Crippen molar-refractivity contribution in [2.24, 2.45) is 0 Å². The van der Waals surface area contributed by atoms with E-state index in [9.17, 15) is 13.2 Å². The van der Waals surface area contributed by atoms with Crippen molar-refractivity contribution in [3.63, 3.8) is 0 Å².